The lowest BCUT2D eigenvalue weighted by Gasteiger charge is -2.09. The number of rotatable bonds is 3. The summed E-state index contributed by atoms with van der Waals surface area (Å²) in [5.41, 5.74) is 10.2. The molecule has 0 bridgehead atoms. The van der Waals surface area contributed by atoms with Gasteiger partial charge in [0, 0.05) is 17.3 Å². The molecule has 0 atom stereocenters. The third-order valence-corrected chi connectivity index (χ3v) is 3.83. The van der Waals surface area contributed by atoms with Gasteiger partial charge in [0.2, 0.25) is 0 Å². The average molecular weight is 267 g/mol. The summed E-state index contributed by atoms with van der Waals surface area (Å²) in [6.07, 6.45) is 3.36. The van der Waals surface area contributed by atoms with Crippen molar-refractivity contribution in [2.75, 3.05) is 12.8 Å². The van der Waals surface area contributed by atoms with Crippen LogP contribution in [0.25, 0.3) is 0 Å². The van der Waals surface area contributed by atoms with Crippen molar-refractivity contribution in [2.45, 2.75) is 19.3 Å². The van der Waals surface area contributed by atoms with Gasteiger partial charge in [0.15, 0.2) is 5.78 Å². The summed E-state index contributed by atoms with van der Waals surface area (Å²) in [6.45, 7) is 0. The van der Waals surface area contributed by atoms with Crippen LogP contribution in [-0.2, 0) is 12.8 Å². The Morgan fingerprint density at radius 2 is 1.90 bits per heavy atom. The van der Waals surface area contributed by atoms with Crippen molar-refractivity contribution < 1.29 is 9.53 Å². The number of aryl methyl sites for hydroxylation is 2. The molecular formula is C17H17NO2. The topological polar surface area (TPSA) is 52.3 Å². The number of nitrogen functional groups attached to an aromatic ring is 1. The van der Waals surface area contributed by atoms with Crippen LogP contribution in [0.5, 0.6) is 5.75 Å². The smallest absolute Gasteiger partial charge is 0.196 e. The Kier molecular flexibility index (Phi) is 3.18. The largest absolute Gasteiger partial charge is 0.496 e. The molecule has 0 saturated heterocycles. The van der Waals surface area contributed by atoms with Gasteiger partial charge in [0.1, 0.15) is 5.75 Å². The van der Waals surface area contributed by atoms with Crippen molar-refractivity contribution in [3.63, 3.8) is 0 Å². The van der Waals surface area contributed by atoms with Crippen molar-refractivity contribution in [3.8, 4) is 5.75 Å². The SMILES string of the molecule is COc1cc(N)ccc1C(=O)c1ccc2c(c1)CCC2. The van der Waals surface area contributed by atoms with Gasteiger partial charge in [-0.05, 0) is 48.6 Å². The third-order valence-electron chi connectivity index (χ3n) is 3.83. The Morgan fingerprint density at radius 1 is 1.10 bits per heavy atom. The van der Waals surface area contributed by atoms with E-state index in [1.54, 1.807) is 25.3 Å². The van der Waals surface area contributed by atoms with E-state index in [0.717, 1.165) is 12.8 Å². The number of nitrogens with two attached hydrogens (primary N) is 1. The van der Waals surface area contributed by atoms with E-state index < -0.39 is 0 Å². The molecule has 1 aliphatic carbocycles. The molecule has 0 saturated carbocycles. The Bertz CT molecular complexity index is 677. The molecule has 0 spiro atoms. The van der Waals surface area contributed by atoms with E-state index in [1.807, 2.05) is 12.1 Å². The highest BCUT2D eigenvalue weighted by Crippen LogP contribution is 2.27. The zero-order chi connectivity index (χ0) is 14.1. The van der Waals surface area contributed by atoms with Gasteiger partial charge in [-0.25, -0.2) is 0 Å². The van der Waals surface area contributed by atoms with Gasteiger partial charge in [0.25, 0.3) is 0 Å². The Balaban J connectivity index is 2.00. The summed E-state index contributed by atoms with van der Waals surface area (Å²) in [5.74, 6) is 0.507. The summed E-state index contributed by atoms with van der Waals surface area (Å²) >= 11 is 0. The lowest BCUT2D eigenvalue weighted by molar-refractivity contribution is 0.103. The molecule has 0 aromatic heterocycles. The maximum absolute atomic E-state index is 12.6. The predicted octanol–water partition coefficient (Wildman–Crippen LogP) is 3.00. The molecule has 0 heterocycles. The molecule has 0 aliphatic heterocycles. The van der Waals surface area contributed by atoms with Crippen LogP contribution in [0, 0.1) is 0 Å². The number of ketones is 1. The molecule has 0 radical (unpaired) electrons. The zero-order valence-corrected chi connectivity index (χ0v) is 11.5. The van der Waals surface area contributed by atoms with Crippen LogP contribution in [0.1, 0.15) is 33.5 Å². The number of benzene rings is 2. The van der Waals surface area contributed by atoms with Crippen molar-refractivity contribution in [1.29, 1.82) is 0 Å². The molecular weight excluding hydrogens is 250 g/mol. The van der Waals surface area contributed by atoms with Crippen LogP contribution >= 0.6 is 0 Å². The Labute approximate surface area is 118 Å². The van der Waals surface area contributed by atoms with Crippen molar-refractivity contribution >= 4 is 11.5 Å². The van der Waals surface area contributed by atoms with E-state index in [1.165, 1.54) is 17.5 Å². The molecule has 1 aliphatic rings. The van der Waals surface area contributed by atoms with Crippen LogP contribution < -0.4 is 10.5 Å². The van der Waals surface area contributed by atoms with Gasteiger partial charge in [-0.1, -0.05) is 12.1 Å². The maximum Gasteiger partial charge on any atom is 0.196 e. The Morgan fingerprint density at radius 3 is 2.70 bits per heavy atom. The molecule has 102 valence electrons. The van der Waals surface area contributed by atoms with Crippen LogP contribution in [0.4, 0.5) is 5.69 Å². The number of carbonyl (C=O) groups excluding carboxylic acids is 1. The first kappa shape index (κ1) is 12.7. The van der Waals surface area contributed by atoms with Crippen LogP contribution in [0.3, 0.4) is 0 Å². The third kappa shape index (κ3) is 2.16. The van der Waals surface area contributed by atoms with Crippen molar-refractivity contribution in [3.05, 3.63) is 58.7 Å². The van der Waals surface area contributed by atoms with Gasteiger partial charge < -0.3 is 10.5 Å². The number of carbonyl (C=O) groups is 1. The summed E-state index contributed by atoms with van der Waals surface area (Å²) in [5, 5.41) is 0. The molecule has 0 amide bonds. The summed E-state index contributed by atoms with van der Waals surface area (Å²) in [4.78, 5) is 12.6. The van der Waals surface area contributed by atoms with Gasteiger partial charge in [-0.2, -0.15) is 0 Å². The van der Waals surface area contributed by atoms with Gasteiger partial charge in [0.05, 0.1) is 12.7 Å². The fourth-order valence-electron chi connectivity index (χ4n) is 2.76. The number of hydrogen-bond donors (Lipinski definition) is 1. The fraction of sp³-hybridized carbons (Fsp3) is 0.235. The number of fused-ring (bicyclic) bond motifs is 1. The van der Waals surface area contributed by atoms with Crippen LogP contribution in [0.15, 0.2) is 36.4 Å². The molecule has 2 aromatic rings. The van der Waals surface area contributed by atoms with Gasteiger partial charge >= 0.3 is 0 Å². The Hall–Kier alpha value is -2.29. The average Bonchev–Trinajstić information content (AvgIpc) is 2.93. The highest BCUT2D eigenvalue weighted by molar-refractivity contribution is 6.11. The normalized spacial score (nSPS) is 13.1. The number of methoxy groups -OCH3 is 1. The van der Waals surface area contributed by atoms with E-state index in [-0.39, 0.29) is 5.78 Å². The molecule has 0 unspecified atom stereocenters. The quantitative estimate of drug-likeness (QED) is 0.687. The van der Waals surface area contributed by atoms with Gasteiger partial charge in [-0.3, -0.25) is 4.79 Å². The van der Waals surface area contributed by atoms with Crippen LogP contribution in [-0.4, -0.2) is 12.9 Å². The second-order valence-electron chi connectivity index (χ2n) is 5.13. The number of hydrogen-bond acceptors (Lipinski definition) is 3. The van der Waals surface area contributed by atoms with E-state index in [2.05, 4.69) is 6.07 Å². The fourth-order valence-corrected chi connectivity index (χ4v) is 2.76. The molecule has 3 nitrogen and oxygen atoms in total. The molecule has 3 rings (SSSR count). The molecule has 2 N–H and O–H groups in total. The van der Waals surface area contributed by atoms with E-state index in [4.69, 9.17) is 10.5 Å². The summed E-state index contributed by atoms with van der Waals surface area (Å²) in [7, 11) is 1.55. The molecule has 3 heteroatoms. The first-order chi connectivity index (χ1) is 9.69. The second kappa shape index (κ2) is 5.00. The predicted molar refractivity (Wildman–Crippen MR) is 79.3 cm³/mol. The second-order valence-corrected chi connectivity index (χ2v) is 5.13. The maximum atomic E-state index is 12.6. The zero-order valence-electron chi connectivity index (χ0n) is 11.5. The minimum atomic E-state index is -0.0171. The summed E-state index contributed by atoms with van der Waals surface area (Å²) in [6, 6.07) is 11.1. The molecule has 0 fully saturated rings. The summed E-state index contributed by atoms with van der Waals surface area (Å²) < 4.78 is 5.26. The molecule has 20 heavy (non-hydrogen) atoms. The van der Waals surface area contributed by atoms with E-state index >= 15 is 0 Å². The van der Waals surface area contributed by atoms with E-state index in [9.17, 15) is 4.79 Å². The van der Waals surface area contributed by atoms with E-state index in [0.29, 0.717) is 22.6 Å². The monoisotopic (exact) mass is 267 g/mol. The number of ether oxygens (including phenoxy) is 1. The minimum Gasteiger partial charge on any atom is -0.496 e. The highest BCUT2D eigenvalue weighted by Gasteiger charge is 2.17. The lowest BCUT2D eigenvalue weighted by atomic mass is 9.98. The highest BCUT2D eigenvalue weighted by atomic mass is 16.5. The van der Waals surface area contributed by atoms with Crippen molar-refractivity contribution in [2.24, 2.45) is 0 Å². The number of anilines is 1. The van der Waals surface area contributed by atoms with Crippen LogP contribution in [0.2, 0.25) is 0 Å². The van der Waals surface area contributed by atoms with Gasteiger partial charge in [-0.15, -0.1) is 0 Å². The van der Waals surface area contributed by atoms with Crippen molar-refractivity contribution in [1.82, 2.24) is 0 Å². The first-order valence-corrected chi connectivity index (χ1v) is 6.79. The standard InChI is InChI=1S/C17H17NO2/c1-20-16-10-14(18)7-8-15(16)17(19)13-6-5-11-3-2-4-12(11)9-13/h5-10H,2-4,18H2,1H3. The first-order valence-electron chi connectivity index (χ1n) is 6.79. The minimum absolute atomic E-state index is 0.0171. The lowest BCUT2D eigenvalue weighted by Crippen LogP contribution is -2.05. The molecule has 2 aromatic carbocycles.